The van der Waals surface area contributed by atoms with Crippen molar-refractivity contribution < 1.29 is 14.3 Å². The molecule has 2 aromatic heterocycles. The molecule has 1 N–H and O–H groups in total. The second-order valence-electron chi connectivity index (χ2n) is 9.84. The van der Waals surface area contributed by atoms with Crippen LogP contribution in [-0.2, 0) is 17.9 Å². The molecule has 11 nitrogen and oxygen atoms in total. The zero-order valence-corrected chi connectivity index (χ0v) is 21.4. The average molecular weight is 507 g/mol. The number of benzene rings is 1. The normalized spacial score (nSPS) is 17.8. The van der Waals surface area contributed by atoms with E-state index in [2.05, 4.69) is 43.7 Å². The Bertz CT molecular complexity index is 1270. The fourth-order valence-electron chi connectivity index (χ4n) is 5.18. The maximum atomic E-state index is 12.1. The Hall–Kier alpha value is -3.60. The number of nitrogens with one attached hydrogen (secondary N) is 1. The van der Waals surface area contributed by atoms with E-state index in [4.69, 9.17) is 19.4 Å². The predicted octanol–water partition coefficient (Wildman–Crippen LogP) is 2.32. The van der Waals surface area contributed by atoms with Crippen LogP contribution < -0.4 is 19.7 Å². The smallest absolute Gasteiger partial charge is 0.231 e. The van der Waals surface area contributed by atoms with Crippen molar-refractivity contribution in [2.45, 2.75) is 39.3 Å². The molecular formula is C26H34N8O3. The van der Waals surface area contributed by atoms with E-state index in [1.165, 1.54) is 5.56 Å². The number of nitrogens with zero attached hydrogens (tertiary/aromatic N) is 7. The lowest BCUT2D eigenvalue weighted by Gasteiger charge is -2.34. The van der Waals surface area contributed by atoms with Crippen LogP contribution in [0.15, 0.2) is 24.5 Å². The molecule has 0 atom stereocenters. The van der Waals surface area contributed by atoms with Gasteiger partial charge in [0.25, 0.3) is 0 Å². The summed E-state index contributed by atoms with van der Waals surface area (Å²) in [6.07, 6.45) is 4.42. The van der Waals surface area contributed by atoms with Gasteiger partial charge in [-0.15, -0.1) is 0 Å². The fraction of sp³-hybridized carbons (Fsp3) is 0.538. The van der Waals surface area contributed by atoms with Gasteiger partial charge in [0.2, 0.25) is 18.6 Å². The molecule has 0 spiro atoms. The van der Waals surface area contributed by atoms with E-state index in [-0.39, 0.29) is 5.91 Å². The molecule has 5 heterocycles. The highest BCUT2D eigenvalue weighted by Crippen LogP contribution is 2.33. The number of fused-ring (bicyclic) bond motifs is 2. The number of piperazine rings is 1. The first-order valence-electron chi connectivity index (χ1n) is 13.3. The van der Waals surface area contributed by atoms with Crippen LogP contribution in [0, 0.1) is 0 Å². The number of amides is 1. The monoisotopic (exact) mass is 506 g/mol. The molecule has 37 heavy (non-hydrogen) atoms. The van der Waals surface area contributed by atoms with Crippen LogP contribution in [0.25, 0.3) is 11.2 Å². The maximum Gasteiger partial charge on any atom is 0.231 e. The average Bonchev–Trinajstić information content (AvgIpc) is 3.66. The first-order valence-corrected chi connectivity index (χ1v) is 13.3. The number of anilines is 2. The molecule has 0 bridgehead atoms. The number of carbonyl (C=O) groups excluding carboxylic acids is 1. The molecule has 3 aliphatic heterocycles. The molecule has 3 aliphatic rings. The summed E-state index contributed by atoms with van der Waals surface area (Å²) in [5.41, 5.74) is 2.83. The Morgan fingerprint density at radius 3 is 2.70 bits per heavy atom. The Labute approximate surface area is 216 Å². The Kier molecular flexibility index (Phi) is 6.69. The summed E-state index contributed by atoms with van der Waals surface area (Å²) in [4.78, 5) is 33.2. The van der Waals surface area contributed by atoms with E-state index in [0.29, 0.717) is 26.3 Å². The Balaban J connectivity index is 1.16. The van der Waals surface area contributed by atoms with Crippen LogP contribution in [0.2, 0.25) is 0 Å². The number of aromatic nitrogens is 4. The second kappa shape index (κ2) is 10.4. The van der Waals surface area contributed by atoms with E-state index >= 15 is 0 Å². The van der Waals surface area contributed by atoms with Crippen molar-refractivity contribution in [2.24, 2.45) is 0 Å². The molecule has 1 aromatic carbocycles. The topological polar surface area (TPSA) is 101 Å². The summed E-state index contributed by atoms with van der Waals surface area (Å²) in [7, 11) is 0. The molecule has 1 amide bonds. The summed E-state index contributed by atoms with van der Waals surface area (Å²) in [5.74, 6) is 3.40. The second-order valence-corrected chi connectivity index (χ2v) is 9.84. The van der Waals surface area contributed by atoms with Crippen molar-refractivity contribution in [1.29, 1.82) is 0 Å². The van der Waals surface area contributed by atoms with E-state index in [9.17, 15) is 4.79 Å². The summed E-state index contributed by atoms with van der Waals surface area (Å²) in [6.45, 7) is 9.86. The highest BCUT2D eigenvalue weighted by Gasteiger charge is 2.24. The third kappa shape index (κ3) is 5.00. The number of hydrogen-bond acceptors (Lipinski definition) is 9. The van der Waals surface area contributed by atoms with Crippen molar-refractivity contribution in [3.05, 3.63) is 30.1 Å². The van der Waals surface area contributed by atoms with Gasteiger partial charge in [0.05, 0.1) is 6.33 Å². The van der Waals surface area contributed by atoms with Gasteiger partial charge in [-0.05, 0) is 30.5 Å². The van der Waals surface area contributed by atoms with Gasteiger partial charge >= 0.3 is 0 Å². The summed E-state index contributed by atoms with van der Waals surface area (Å²) >= 11 is 0. The summed E-state index contributed by atoms with van der Waals surface area (Å²) in [5, 5.41) is 3.45. The molecule has 2 saturated heterocycles. The predicted molar refractivity (Wildman–Crippen MR) is 140 cm³/mol. The first-order chi connectivity index (χ1) is 18.2. The van der Waals surface area contributed by atoms with Crippen LogP contribution >= 0.6 is 0 Å². The standard InChI is InChI=1S/C26H34N8O3/c1-2-7-27-24-23-25(34(17-28-23)14-13-32-8-3-4-22(32)35)30-26(29-24)33-11-9-31(10-12-33)16-19-5-6-20-21(15-19)37-18-36-20/h5-6,15,17H,2-4,7-14,16,18H2,1H3,(H,27,29,30). The SMILES string of the molecule is CCCNc1nc(N2CCN(Cc3ccc4c(c3)OCO4)CC2)nc2c1ncn2CCN1CCCC1=O. The van der Waals surface area contributed by atoms with Gasteiger partial charge in [0, 0.05) is 65.3 Å². The molecule has 0 unspecified atom stereocenters. The zero-order chi connectivity index (χ0) is 25.2. The molecule has 2 fully saturated rings. The zero-order valence-electron chi connectivity index (χ0n) is 21.4. The highest BCUT2D eigenvalue weighted by molar-refractivity contribution is 5.84. The number of rotatable bonds is 9. The lowest BCUT2D eigenvalue weighted by Crippen LogP contribution is -2.46. The third-order valence-electron chi connectivity index (χ3n) is 7.28. The number of imidazole rings is 1. The van der Waals surface area contributed by atoms with Crippen molar-refractivity contribution in [3.8, 4) is 11.5 Å². The summed E-state index contributed by atoms with van der Waals surface area (Å²) in [6, 6.07) is 6.18. The van der Waals surface area contributed by atoms with E-state index in [0.717, 1.165) is 93.1 Å². The Morgan fingerprint density at radius 1 is 1.03 bits per heavy atom. The number of likely N-dealkylation sites (tertiary alicyclic amines) is 1. The number of hydrogen-bond donors (Lipinski definition) is 1. The van der Waals surface area contributed by atoms with Crippen LogP contribution in [0.3, 0.4) is 0 Å². The van der Waals surface area contributed by atoms with Crippen LogP contribution in [0.1, 0.15) is 31.7 Å². The Morgan fingerprint density at radius 2 is 1.89 bits per heavy atom. The third-order valence-corrected chi connectivity index (χ3v) is 7.28. The van der Waals surface area contributed by atoms with Gasteiger partial charge in [0.15, 0.2) is 28.5 Å². The molecule has 6 rings (SSSR count). The van der Waals surface area contributed by atoms with Crippen molar-refractivity contribution >= 4 is 28.8 Å². The molecular weight excluding hydrogens is 472 g/mol. The summed E-state index contributed by atoms with van der Waals surface area (Å²) < 4.78 is 13.0. The van der Waals surface area contributed by atoms with Gasteiger partial charge in [-0.2, -0.15) is 9.97 Å². The minimum atomic E-state index is 0.239. The lowest BCUT2D eigenvalue weighted by atomic mass is 10.1. The molecule has 11 heteroatoms. The minimum Gasteiger partial charge on any atom is -0.454 e. The maximum absolute atomic E-state index is 12.1. The number of ether oxygens (including phenoxy) is 2. The van der Waals surface area contributed by atoms with E-state index in [1.54, 1.807) is 0 Å². The minimum absolute atomic E-state index is 0.239. The van der Waals surface area contributed by atoms with Gasteiger partial charge in [-0.1, -0.05) is 13.0 Å². The quantitative estimate of drug-likeness (QED) is 0.469. The van der Waals surface area contributed by atoms with E-state index < -0.39 is 0 Å². The van der Waals surface area contributed by atoms with Crippen LogP contribution in [0.4, 0.5) is 11.8 Å². The van der Waals surface area contributed by atoms with Crippen LogP contribution in [0.5, 0.6) is 11.5 Å². The first kappa shape index (κ1) is 23.8. The van der Waals surface area contributed by atoms with Gasteiger partial charge in [0.1, 0.15) is 0 Å². The largest absolute Gasteiger partial charge is 0.454 e. The van der Waals surface area contributed by atoms with Crippen molar-refractivity contribution in [2.75, 3.05) is 62.8 Å². The van der Waals surface area contributed by atoms with E-state index in [1.807, 2.05) is 17.3 Å². The lowest BCUT2D eigenvalue weighted by molar-refractivity contribution is -0.127. The fourth-order valence-corrected chi connectivity index (χ4v) is 5.18. The van der Waals surface area contributed by atoms with Crippen molar-refractivity contribution in [3.63, 3.8) is 0 Å². The molecule has 0 aliphatic carbocycles. The van der Waals surface area contributed by atoms with Gasteiger partial charge in [-0.3, -0.25) is 9.69 Å². The molecule has 3 aromatic rings. The molecule has 0 saturated carbocycles. The molecule has 0 radical (unpaired) electrons. The van der Waals surface area contributed by atoms with Gasteiger partial charge < -0.3 is 29.2 Å². The van der Waals surface area contributed by atoms with Gasteiger partial charge in [-0.25, -0.2) is 4.98 Å². The highest BCUT2D eigenvalue weighted by atomic mass is 16.7. The number of carbonyl (C=O) groups is 1. The van der Waals surface area contributed by atoms with Crippen LogP contribution in [-0.4, -0.2) is 87.8 Å². The van der Waals surface area contributed by atoms with Crippen molar-refractivity contribution in [1.82, 2.24) is 29.3 Å². The molecule has 196 valence electrons.